The monoisotopic (exact) mass is 756 g/mol. The van der Waals surface area contributed by atoms with Gasteiger partial charge in [0.25, 0.3) is 0 Å². The molecule has 0 atom stereocenters. The van der Waals surface area contributed by atoms with Gasteiger partial charge in [-0.25, -0.2) is 0 Å². The molecule has 2 aliphatic carbocycles. The Morgan fingerprint density at radius 1 is 0.458 bits per heavy atom. The fourth-order valence-corrected chi connectivity index (χ4v) is 9.72. The highest BCUT2D eigenvalue weighted by Gasteiger charge is 2.35. The van der Waals surface area contributed by atoms with Crippen molar-refractivity contribution in [2.75, 3.05) is 4.90 Å². The summed E-state index contributed by atoms with van der Waals surface area (Å²) >= 11 is 0. The molecular weight excluding hydrogens is 713 g/mol. The Kier molecular flexibility index (Phi) is 8.34. The summed E-state index contributed by atoms with van der Waals surface area (Å²) in [6.07, 6.45) is 8.86. The highest BCUT2D eigenvalue weighted by atomic mass is 15.1. The molecule has 1 heterocycles. The highest BCUT2D eigenvalue weighted by molar-refractivity contribution is 6.10. The third kappa shape index (κ3) is 5.86. The summed E-state index contributed by atoms with van der Waals surface area (Å²) in [6, 6.07) is 69.4. The second-order valence-corrected chi connectivity index (χ2v) is 16.5. The quantitative estimate of drug-likeness (QED) is 0.157. The number of nitrogens with zero attached hydrogens (tertiary/aromatic N) is 2. The summed E-state index contributed by atoms with van der Waals surface area (Å²) in [4.78, 5) is 2.46. The molecule has 0 bridgehead atoms. The second kappa shape index (κ2) is 14.0. The Morgan fingerprint density at radius 2 is 1.08 bits per heavy atom. The SMILES string of the molecule is CC1(C)c2ccccc2-c2ccc(N(c3ccc(-c4ccccc4)cc3)c3ccc(-c4ccc5c(c4)c4ccccc4n5-c4ccccc4)c(C4=CC=CCC4)c3)cc21. The molecule has 0 fully saturated rings. The zero-order chi connectivity index (χ0) is 39.5. The fraction of sp³-hybridized carbons (Fsp3) is 0.0877. The van der Waals surface area contributed by atoms with E-state index >= 15 is 0 Å². The molecule has 0 radical (unpaired) electrons. The molecule has 0 amide bonds. The van der Waals surface area contributed by atoms with Crippen LogP contribution in [0, 0.1) is 0 Å². The third-order valence-electron chi connectivity index (χ3n) is 12.7. The van der Waals surface area contributed by atoms with E-state index in [1.165, 1.54) is 83.1 Å². The summed E-state index contributed by atoms with van der Waals surface area (Å²) in [6.45, 7) is 4.73. The van der Waals surface area contributed by atoms with Crippen LogP contribution in [0.2, 0.25) is 0 Å². The average molecular weight is 757 g/mol. The topological polar surface area (TPSA) is 8.17 Å². The van der Waals surface area contributed by atoms with Gasteiger partial charge in [-0.15, -0.1) is 0 Å². The molecular formula is C57H44N2. The van der Waals surface area contributed by atoms with E-state index in [0.717, 1.165) is 29.9 Å². The number of allylic oxidation sites excluding steroid dienone is 4. The minimum absolute atomic E-state index is 0.110. The first-order chi connectivity index (χ1) is 29.0. The van der Waals surface area contributed by atoms with Gasteiger partial charge in [0.1, 0.15) is 0 Å². The smallest absolute Gasteiger partial charge is 0.0541 e. The molecule has 2 aliphatic rings. The van der Waals surface area contributed by atoms with Crippen molar-refractivity contribution >= 4 is 44.4 Å². The van der Waals surface area contributed by atoms with Crippen molar-refractivity contribution in [2.45, 2.75) is 32.1 Å². The molecule has 59 heavy (non-hydrogen) atoms. The van der Waals surface area contributed by atoms with Crippen LogP contribution >= 0.6 is 0 Å². The maximum absolute atomic E-state index is 2.46. The van der Waals surface area contributed by atoms with Crippen LogP contribution in [0.3, 0.4) is 0 Å². The van der Waals surface area contributed by atoms with Gasteiger partial charge in [-0.05, 0) is 135 Å². The predicted molar refractivity (Wildman–Crippen MR) is 250 cm³/mol. The van der Waals surface area contributed by atoms with Gasteiger partial charge >= 0.3 is 0 Å². The molecule has 282 valence electrons. The molecule has 11 rings (SSSR count). The van der Waals surface area contributed by atoms with Crippen LogP contribution in [0.4, 0.5) is 17.1 Å². The lowest BCUT2D eigenvalue weighted by molar-refractivity contribution is 0.660. The fourth-order valence-electron chi connectivity index (χ4n) is 9.72. The Labute approximate surface area is 346 Å². The molecule has 0 saturated carbocycles. The number of fused-ring (bicyclic) bond motifs is 6. The van der Waals surface area contributed by atoms with Crippen LogP contribution < -0.4 is 4.90 Å². The molecule has 8 aromatic carbocycles. The minimum Gasteiger partial charge on any atom is -0.310 e. The number of anilines is 3. The van der Waals surface area contributed by atoms with E-state index in [4.69, 9.17) is 0 Å². The van der Waals surface area contributed by atoms with Crippen molar-refractivity contribution in [3.63, 3.8) is 0 Å². The molecule has 0 N–H and O–H groups in total. The van der Waals surface area contributed by atoms with Crippen LogP contribution in [0.15, 0.2) is 206 Å². The predicted octanol–water partition coefficient (Wildman–Crippen LogP) is 15.6. The Bertz CT molecular complexity index is 3110. The van der Waals surface area contributed by atoms with Crippen molar-refractivity contribution in [1.82, 2.24) is 4.57 Å². The zero-order valence-corrected chi connectivity index (χ0v) is 33.4. The summed E-state index contributed by atoms with van der Waals surface area (Å²) in [7, 11) is 0. The maximum Gasteiger partial charge on any atom is 0.0541 e. The Morgan fingerprint density at radius 3 is 1.88 bits per heavy atom. The lowest BCUT2D eigenvalue weighted by Crippen LogP contribution is -2.16. The molecule has 9 aromatic rings. The minimum atomic E-state index is -0.110. The first-order valence-corrected chi connectivity index (χ1v) is 20.8. The van der Waals surface area contributed by atoms with Gasteiger partial charge in [0, 0.05) is 38.9 Å². The van der Waals surface area contributed by atoms with Crippen LogP contribution in [0.1, 0.15) is 43.4 Å². The number of hydrogen-bond acceptors (Lipinski definition) is 1. The van der Waals surface area contributed by atoms with Gasteiger partial charge in [-0.1, -0.05) is 153 Å². The van der Waals surface area contributed by atoms with Crippen LogP contribution in [0.5, 0.6) is 0 Å². The molecule has 0 unspecified atom stereocenters. The van der Waals surface area contributed by atoms with E-state index in [0.29, 0.717) is 0 Å². The van der Waals surface area contributed by atoms with Gasteiger partial charge in [0.2, 0.25) is 0 Å². The largest absolute Gasteiger partial charge is 0.310 e. The van der Waals surface area contributed by atoms with E-state index in [-0.39, 0.29) is 5.41 Å². The molecule has 2 nitrogen and oxygen atoms in total. The van der Waals surface area contributed by atoms with E-state index < -0.39 is 0 Å². The van der Waals surface area contributed by atoms with Crippen LogP contribution in [-0.2, 0) is 5.41 Å². The van der Waals surface area contributed by atoms with E-state index in [1.807, 2.05) is 0 Å². The lowest BCUT2D eigenvalue weighted by atomic mass is 9.82. The maximum atomic E-state index is 2.46. The number of benzene rings is 8. The Hall–Kier alpha value is -7.16. The van der Waals surface area contributed by atoms with E-state index in [2.05, 4.69) is 230 Å². The van der Waals surface area contributed by atoms with E-state index in [9.17, 15) is 0 Å². The normalized spacial score (nSPS) is 14.0. The molecule has 0 spiro atoms. The number of hydrogen-bond donors (Lipinski definition) is 0. The van der Waals surface area contributed by atoms with Gasteiger partial charge in [0.15, 0.2) is 0 Å². The first kappa shape index (κ1) is 35.0. The van der Waals surface area contributed by atoms with Crippen molar-refractivity contribution in [3.05, 3.63) is 223 Å². The molecule has 0 aliphatic heterocycles. The number of para-hydroxylation sites is 2. The summed E-state index contributed by atoms with van der Waals surface area (Å²) in [5.74, 6) is 0. The highest BCUT2D eigenvalue weighted by Crippen LogP contribution is 2.51. The number of rotatable bonds is 7. The van der Waals surface area contributed by atoms with Gasteiger partial charge in [-0.3, -0.25) is 0 Å². The summed E-state index contributed by atoms with van der Waals surface area (Å²) in [5.41, 5.74) is 19.9. The van der Waals surface area contributed by atoms with Gasteiger partial charge < -0.3 is 9.47 Å². The van der Waals surface area contributed by atoms with Crippen molar-refractivity contribution in [2.24, 2.45) is 0 Å². The molecule has 0 saturated heterocycles. The van der Waals surface area contributed by atoms with Crippen LogP contribution in [0.25, 0.3) is 66.4 Å². The van der Waals surface area contributed by atoms with Crippen molar-refractivity contribution in [1.29, 1.82) is 0 Å². The third-order valence-corrected chi connectivity index (χ3v) is 12.7. The summed E-state index contributed by atoms with van der Waals surface area (Å²) < 4.78 is 2.39. The number of aromatic nitrogens is 1. The van der Waals surface area contributed by atoms with Crippen LogP contribution in [-0.4, -0.2) is 4.57 Å². The van der Waals surface area contributed by atoms with Crippen molar-refractivity contribution < 1.29 is 0 Å². The van der Waals surface area contributed by atoms with Gasteiger partial charge in [-0.2, -0.15) is 0 Å². The van der Waals surface area contributed by atoms with E-state index in [1.54, 1.807) is 0 Å². The second-order valence-electron chi connectivity index (χ2n) is 16.5. The molecule has 2 heteroatoms. The average Bonchev–Trinajstić information content (AvgIpc) is 3.75. The first-order valence-electron chi connectivity index (χ1n) is 20.8. The van der Waals surface area contributed by atoms with Gasteiger partial charge in [0.05, 0.1) is 11.0 Å². The zero-order valence-electron chi connectivity index (χ0n) is 33.4. The molecule has 1 aromatic heterocycles. The lowest BCUT2D eigenvalue weighted by Gasteiger charge is -2.29. The Balaban J connectivity index is 1.09. The van der Waals surface area contributed by atoms with Crippen molar-refractivity contribution in [3.8, 4) is 39.1 Å². The summed E-state index contributed by atoms with van der Waals surface area (Å²) in [5, 5.41) is 2.52. The standard InChI is InChI=1S/C57H44N2/c1-57(2)53-24-14-12-22-48(53)49-34-32-46(38-54(49)57)58(44-29-26-40(27-30-44)39-16-6-3-7-17-39)45-31-33-47(51(37-45)41-18-8-4-9-19-41)42-28-35-56-52(36-42)50-23-13-15-25-55(50)59(56)43-20-10-5-11-21-43/h3-8,10-18,20-38H,9,19H2,1-2H3.